The third-order valence-corrected chi connectivity index (χ3v) is 5.97. The summed E-state index contributed by atoms with van der Waals surface area (Å²) in [5, 5.41) is 0. The van der Waals surface area contributed by atoms with Crippen LogP contribution in [0.25, 0.3) is 0 Å². The molecule has 3 aromatic carbocycles. The lowest BCUT2D eigenvalue weighted by atomic mass is 9.87. The van der Waals surface area contributed by atoms with Gasteiger partial charge in [-0.3, -0.25) is 4.18 Å². The number of ether oxygens (including phenoxy) is 1. The van der Waals surface area contributed by atoms with Crippen LogP contribution in [-0.4, -0.2) is 22.1 Å². The molecule has 0 aliphatic rings. The maximum Gasteiger partial charge on any atom is 0.296 e. The average Bonchev–Trinajstić information content (AvgIpc) is 2.72. The van der Waals surface area contributed by atoms with Crippen molar-refractivity contribution in [1.29, 1.82) is 0 Å². The van der Waals surface area contributed by atoms with Crippen molar-refractivity contribution in [1.82, 2.24) is 0 Å². The van der Waals surface area contributed by atoms with E-state index in [1.54, 1.807) is 25.3 Å². The topological polar surface area (TPSA) is 52.6 Å². The highest BCUT2D eigenvalue weighted by Crippen LogP contribution is 2.35. The van der Waals surface area contributed by atoms with Gasteiger partial charge in [0, 0.05) is 11.5 Å². The summed E-state index contributed by atoms with van der Waals surface area (Å²) in [7, 11) is -2.13. The van der Waals surface area contributed by atoms with Crippen molar-refractivity contribution >= 4 is 10.1 Å². The highest BCUT2D eigenvalue weighted by molar-refractivity contribution is 7.86. The van der Waals surface area contributed by atoms with E-state index in [9.17, 15) is 8.42 Å². The first kappa shape index (κ1) is 20.1. The first-order valence-corrected chi connectivity index (χ1v) is 10.6. The van der Waals surface area contributed by atoms with E-state index in [0.29, 0.717) is 6.42 Å². The Morgan fingerprint density at radius 1 is 0.893 bits per heavy atom. The number of methoxy groups -OCH3 is 1. The monoisotopic (exact) mass is 396 g/mol. The van der Waals surface area contributed by atoms with E-state index in [-0.39, 0.29) is 17.4 Å². The zero-order chi connectivity index (χ0) is 20.0. The van der Waals surface area contributed by atoms with Crippen LogP contribution in [0.15, 0.2) is 83.8 Å². The summed E-state index contributed by atoms with van der Waals surface area (Å²) in [6.45, 7) is 2.11. The molecule has 3 aromatic rings. The van der Waals surface area contributed by atoms with Crippen molar-refractivity contribution in [2.75, 3.05) is 13.7 Å². The summed E-state index contributed by atoms with van der Waals surface area (Å²) >= 11 is 0. The molecule has 0 aliphatic carbocycles. The molecule has 146 valence electrons. The van der Waals surface area contributed by atoms with E-state index in [0.717, 1.165) is 22.4 Å². The van der Waals surface area contributed by atoms with Gasteiger partial charge < -0.3 is 4.74 Å². The quantitative estimate of drug-likeness (QED) is 0.507. The Hall–Kier alpha value is -2.63. The van der Waals surface area contributed by atoms with Gasteiger partial charge in [0.1, 0.15) is 5.75 Å². The fourth-order valence-electron chi connectivity index (χ4n) is 3.24. The number of rotatable bonds is 8. The van der Waals surface area contributed by atoms with Gasteiger partial charge in [-0.15, -0.1) is 0 Å². The van der Waals surface area contributed by atoms with Crippen LogP contribution in [0.4, 0.5) is 0 Å². The van der Waals surface area contributed by atoms with Gasteiger partial charge in [0.25, 0.3) is 10.1 Å². The number of aryl methyl sites for hydroxylation is 1. The predicted octanol–water partition coefficient (Wildman–Crippen LogP) is 4.93. The van der Waals surface area contributed by atoms with Gasteiger partial charge in [-0.25, -0.2) is 0 Å². The summed E-state index contributed by atoms with van der Waals surface area (Å²) in [5.74, 6) is 0.743. The smallest absolute Gasteiger partial charge is 0.296 e. The molecule has 4 nitrogen and oxygen atoms in total. The van der Waals surface area contributed by atoms with Gasteiger partial charge in [0.05, 0.1) is 18.6 Å². The maximum atomic E-state index is 12.4. The molecule has 28 heavy (non-hydrogen) atoms. The van der Waals surface area contributed by atoms with Crippen LogP contribution in [0.3, 0.4) is 0 Å². The second-order valence-corrected chi connectivity index (χ2v) is 8.20. The molecule has 0 saturated heterocycles. The molecule has 0 bridgehead atoms. The third-order valence-electron chi connectivity index (χ3n) is 4.64. The van der Waals surface area contributed by atoms with Crippen molar-refractivity contribution in [2.45, 2.75) is 24.2 Å². The fraction of sp³-hybridized carbons (Fsp3) is 0.217. The molecular weight excluding hydrogens is 372 g/mol. The van der Waals surface area contributed by atoms with E-state index < -0.39 is 10.1 Å². The molecule has 3 rings (SSSR count). The Kier molecular flexibility index (Phi) is 6.49. The Morgan fingerprint density at radius 3 is 2.18 bits per heavy atom. The molecule has 0 N–H and O–H groups in total. The lowest BCUT2D eigenvalue weighted by molar-refractivity contribution is 0.304. The zero-order valence-corrected chi connectivity index (χ0v) is 16.9. The summed E-state index contributed by atoms with van der Waals surface area (Å²) in [4.78, 5) is 0.166. The largest absolute Gasteiger partial charge is 0.496 e. The van der Waals surface area contributed by atoms with E-state index in [1.807, 2.05) is 49.4 Å². The summed E-state index contributed by atoms with van der Waals surface area (Å²) in [6.07, 6.45) is 0.510. The van der Waals surface area contributed by atoms with E-state index in [2.05, 4.69) is 6.07 Å². The van der Waals surface area contributed by atoms with Gasteiger partial charge in [0.2, 0.25) is 0 Å². The number of hydrogen-bond acceptors (Lipinski definition) is 4. The molecule has 0 saturated carbocycles. The van der Waals surface area contributed by atoms with Crippen molar-refractivity contribution < 1.29 is 17.3 Å². The first-order valence-electron chi connectivity index (χ1n) is 9.15. The number of hydrogen-bond donors (Lipinski definition) is 0. The minimum atomic E-state index is -3.78. The zero-order valence-electron chi connectivity index (χ0n) is 16.0. The van der Waals surface area contributed by atoms with E-state index in [4.69, 9.17) is 8.92 Å². The van der Waals surface area contributed by atoms with Gasteiger partial charge >= 0.3 is 0 Å². The van der Waals surface area contributed by atoms with Crippen LogP contribution in [0.1, 0.15) is 29.0 Å². The normalized spacial score (nSPS) is 12.5. The highest BCUT2D eigenvalue weighted by atomic mass is 32.2. The van der Waals surface area contributed by atoms with Gasteiger partial charge in [-0.05, 0) is 37.1 Å². The average molecular weight is 397 g/mol. The highest BCUT2D eigenvalue weighted by Gasteiger charge is 2.21. The molecular formula is C23H24O4S. The molecule has 0 fully saturated rings. The van der Waals surface area contributed by atoms with Crippen molar-refractivity contribution in [3.63, 3.8) is 0 Å². The van der Waals surface area contributed by atoms with Gasteiger partial charge in [-0.1, -0.05) is 66.2 Å². The predicted molar refractivity (Wildman–Crippen MR) is 110 cm³/mol. The molecule has 5 heteroatoms. The lowest BCUT2D eigenvalue weighted by Crippen LogP contribution is -2.12. The standard InChI is InChI=1S/C23H24O4S/c1-18-13-14-23(26-2)22(17-18)21(19-9-5-3-6-10-19)15-16-27-28(24,25)20-11-7-4-8-12-20/h3-14,17,21H,15-16H2,1-2H3. The Labute approximate surface area is 166 Å². The second-order valence-electron chi connectivity index (χ2n) is 6.59. The molecule has 0 spiro atoms. The SMILES string of the molecule is COc1ccc(C)cc1C(CCOS(=O)(=O)c1ccccc1)c1ccccc1. The minimum absolute atomic E-state index is 0.0398. The minimum Gasteiger partial charge on any atom is -0.496 e. The lowest BCUT2D eigenvalue weighted by Gasteiger charge is -2.21. The second kappa shape index (κ2) is 9.04. The Balaban J connectivity index is 1.85. The van der Waals surface area contributed by atoms with Crippen molar-refractivity contribution in [3.8, 4) is 5.75 Å². The van der Waals surface area contributed by atoms with Crippen molar-refractivity contribution in [2.24, 2.45) is 0 Å². The molecule has 0 aliphatic heterocycles. The van der Waals surface area contributed by atoms with Crippen LogP contribution in [0, 0.1) is 6.92 Å². The Bertz CT molecular complexity index is 999. The summed E-state index contributed by atoms with van der Waals surface area (Å²) < 4.78 is 35.7. The van der Waals surface area contributed by atoms with Crippen LogP contribution in [0.2, 0.25) is 0 Å². The molecule has 1 atom stereocenters. The van der Waals surface area contributed by atoms with Gasteiger partial charge in [-0.2, -0.15) is 8.42 Å². The Morgan fingerprint density at radius 2 is 1.54 bits per heavy atom. The molecule has 0 heterocycles. The molecule has 1 unspecified atom stereocenters. The van der Waals surface area contributed by atoms with Crippen LogP contribution in [-0.2, 0) is 14.3 Å². The first-order chi connectivity index (χ1) is 13.5. The van der Waals surface area contributed by atoms with Gasteiger partial charge in [0.15, 0.2) is 0 Å². The van der Waals surface area contributed by atoms with E-state index >= 15 is 0 Å². The maximum absolute atomic E-state index is 12.4. The van der Waals surface area contributed by atoms with Crippen molar-refractivity contribution in [3.05, 3.63) is 95.6 Å². The fourth-order valence-corrected chi connectivity index (χ4v) is 4.19. The summed E-state index contributed by atoms with van der Waals surface area (Å²) in [6, 6.07) is 24.2. The third kappa shape index (κ3) is 4.80. The van der Waals surface area contributed by atoms with E-state index in [1.165, 1.54) is 12.1 Å². The molecule has 0 radical (unpaired) electrons. The molecule has 0 amide bonds. The number of benzene rings is 3. The van der Waals surface area contributed by atoms with Crippen LogP contribution in [0.5, 0.6) is 5.75 Å². The summed E-state index contributed by atoms with van der Waals surface area (Å²) in [5.41, 5.74) is 3.23. The van der Waals surface area contributed by atoms with Crippen LogP contribution >= 0.6 is 0 Å². The molecule has 0 aromatic heterocycles. The van der Waals surface area contributed by atoms with Crippen LogP contribution < -0.4 is 4.74 Å².